The van der Waals surface area contributed by atoms with Gasteiger partial charge in [-0.1, -0.05) is 43.3 Å². The maximum Gasteiger partial charge on any atom is 0.310 e. The van der Waals surface area contributed by atoms with Gasteiger partial charge in [0.05, 0.1) is 30.6 Å². The van der Waals surface area contributed by atoms with Crippen LogP contribution in [0.5, 0.6) is 0 Å². The van der Waals surface area contributed by atoms with Gasteiger partial charge < -0.3 is 24.7 Å². The van der Waals surface area contributed by atoms with E-state index in [1.807, 2.05) is 37.3 Å². The Kier molecular flexibility index (Phi) is 6.09. The zero-order valence-corrected chi connectivity index (χ0v) is 18.2. The minimum Gasteiger partial charge on any atom is -0.481 e. The molecule has 8 nitrogen and oxygen atoms in total. The van der Waals surface area contributed by atoms with E-state index in [-0.39, 0.29) is 19.1 Å². The molecule has 0 radical (unpaired) electrons. The molecule has 2 bridgehead atoms. The molecule has 32 heavy (non-hydrogen) atoms. The second-order valence-electron chi connectivity index (χ2n) is 8.88. The van der Waals surface area contributed by atoms with E-state index >= 15 is 0 Å². The molecule has 3 aliphatic heterocycles. The van der Waals surface area contributed by atoms with Crippen molar-refractivity contribution in [3.05, 3.63) is 48.6 Å². The normalized spacial score (nSPS) is 31.4. The van der Waals surface area contributed by atoms with Crippen molar-refractivity contribution in [1.29, 1.82) is 0 Å². The molecule has 4 rings (SSSR count). The number of ether oxygens (including phenoxy) is 1. The lowest BCUT2D eigenvalue weighted by Crippen LogP contribution is -2.58. The van der Waals surface area contributed by atoms with E-state index in [1.54, 1.807) is 11.0 Å². The van der Waals surface area contributed by atoms with E-state index in [2.05, 4.69) is 6.58 Å². The van der Waals surface area contributed by atoms with Gasteiger partial charge in [0.15, 0.2) is 0 Å². The van der Waals surface area contributed by atoms with Gasteiger partial charge >= 0.3 is 5.97 Å². The molecule has 3 saturated heterocycles. The highest BCUT2D eigenvalue weighted by Crippen LogP contribution is 2.59. The van der Waals surface area contributed by atoms with Crippen LogP contribution in [0.3, 0.4) is 0 Å². The summed E-state index contributed by atoms with van der Waals surface area (Å²) in [5.41, 5.74) is -0.248. The number of aliphatic hydroxyl groups excluding tert-OH is 1. The quantitative estimate of drug-likeness (QED) is 0.561. The number of fused-ring (bicyclic) bond motifs is 1. The number of hydrogen-bond acceptors (Lipinski definition) is 5. The Hall–Kier alpha value is -2.71. The summed E-state index contributed by atoms with van der Waals surface area (Å²) in [6, 6.07) is 7.96. The van der Waals surface area contributed by atoms with E-state index in [1.165, 1.54) is 4.90 Å². The van der Waals surface area contributed by atoms with Gasteiger partial charge in [-0.15, -0.1) is 6.58 Å². The number of aliphatic carboxylic acids is 1. The van der Waals surface area contributed by atoms with Crippen molar-refractivity contribution in [2.24, 2.45) is 11.8 Å². The highest BCUT2D eigenvalue weighted by molar-refractivity contribution is 5.98. The molecule has 3 heterocycles. The number of amides is 2. The third kappa shape index (κ3) is 3.33. The number of carboxylic acid groups (broad SMARTS) is 1. The Balaban J connectivity index is 1.76. The Bertz CT molecular complexity index is 901. The van der Waals surface area contributed by atoms with Crippen molar-refractivity contribution in [1.82, 2.24) is 9.80 Å². The number of carbonyl (C=O) groups excluding carboxylic acids is 2. The molecule has 3 aliphatic rings. The van der Waals surface area contributed by atoms with Gasteiger partial charge in [0.2, 0.25) is 11.8 Å². The van der Waals surface area contributed by atoms with Crippen molar-refractivity contribution in [2.75, 3.05) is 13.2 Å². The molecular weight excluding hydrogens is 412 g/mol. The molecule has 6 atom stereocenters. The van der Waals surface area contributed by atoms with Crippen LogP contribution in [0.25, 0.3) is 0 Å². The summed E-state index contributed by atoms with van der Waals surface area (Å²) in [4.78, 5) is 42.7. The molecule has 2 amide bonds. The molecule has 3 fully saturated rings. The molecule has 1 spiro atoms. The Morgan fingerprint density at radius 2 is 2.09 bits per heavy atom. The fourth-order valence-corrected chi connectivity index (χ4v) is 5.82. The van der Waals surface area contributed by atoms with Crippen LogP contribution in [0, 0.1) is 11.8 Å². The summed E-state index contributed by atoms with van der Waals surface area (Å²) in [7, 11) is 0. The zero-order chi connectivity index (χ0) is 23.0. The van der Waals surface area contributed by atoms with Crippen molar-refractivity contribution in [3.8, 4) is 0 Å². The number of carbonyl (C=O) groups is 3. The monoisotopic (exact) mass is 442 g/mol. The maximum absolute atomic E-state index is 14.0. The molecule has 0 aromatic heterocycles. The second-order valence-corrected chi connectivity index (χ2v) is 8.88. The zero-order valence-electron chi connectivity index (χ0n) is 18.2. The van der Waals surface area contributed by atoms with Crippen LogP contribution in [-0.4, -0.2) is 74.7 Å². The molecule has 0 aliphatic carbocycles. The van der Waals surface area contributed by atoms with Crippen LogP contribution in [0.1, 0.15) is 31.7 Å². The molecule has 8 heteroatoms. The largest absolute Gasteiger partial charge is 0.481 e. The Labute approximate surface area is 187 Å². The maximum atomic E-state index is 14.0. The molecule has 2 N–H and O–H groups in total. The third-order valence-electron chi connectivity index (χ3n) is 7.21. The topological polar surface area (TPSA) is 107 Å². The number of carboxylic acids is 1. The average Bonchev–Trinajstić information content (AvgIpc) is 3.43. The summed E-state index contributed by atoms with van der Waals surface area (Å²) in [5.74, 6) is -3.68. The highest BCUT2D eigenvalue weighted by atomic mass is 16.5. The molecule has 0 saturated carbocycles. The van der Waals surface area contributed by atoms with Gasteiger partial charge in [0.1, 0.15) is 11.6 Å². The van der Waals surface area contributed by atoms with Crippen molar-refractivity contribution in [2.45, 2.75) is 56.5 Å². The first kappa shape index (κ1) is 22.5. The van der Waals surface area contributed by atoms with Crippen LogP contribution >= 0.6 is 0 Å². The summed E-state index contributed by atoms with van der Waals surface area (Å²) in [6.45, 7) is 5.90. The van der Waals surface area contributed by atoms with Crippen molar-refractivity contribution in [3.63, 3.8) is 0 Å². The number of hydrogen-bond donors (Lipinski definition) is 2. The standard InChI is InChI=1S/C24H30N2O6/c1-3-12-25(13-15-8-6-5-7-9-15)22(29)20-24-11-10-17(32-24)18(23(30)31)19(24)21(28)26(20)16(4-2)14-27/h3,5-9,16-20,27H,1,4,10-14H2,2H3,(H,30,31)/t16-,17-,18+,19+,20-,24+/m0/s1. The van der Waals surface area contributed by atoms with Gasteiger partial charge in [-0.25, -0.2) is 0 Å². The number of aliphatic hydroxyl groups is 1. The Morgan fingerprint density at radius 3 is 2.69 bits per heavy atom. The van der Waals surface area contributed by atoms with Crippen LogP contribution in [0.15, 0.2) is 43.0 Å². The number of likely N-dealkylation sites (tertiary alicyclic amines) is 1. The summed E-state index contributed by atoms with van der Waals surface area (Å²) < 4.78 is 6.21. The van der Waals surface area contributed by atoms with E-state index in [4.69, 9.17) is 4.74 Å². The minimum atomic E-state index is -1.18. The highest BCUT2D eigenvalue weighted by Gasteiger charge is 2.75. The molecule has 1 aromatic carbocycles. The smallest absolute Gasteiger partial charge is 0.310 e. The van der Waals surface area contributed by atoms with Crippen LogP contribution in [0.4, 0.5) is 0 Å². The van der Waals surface area contributed by atoms with E-state index in [0.717, 1.165) is 5.56 Å². The minimum absolute atomic E-state index is 0.273. The molecule has 172 valence electrons. The van der Waals surface area contributed by atoms with Gasteiger partial charge in [-0.2, -0.15) is 0 Å². The van der Waals surface area contributed by atoms with Gasteiger partial charge in [0, 0.05) is 13.1 Å². The van der Waals surface area contributed by atoms with Crippen molar-refractivity contribution < 1.29 is 29.3 Å². The fraction of sp³-hybridized carbons (Fsp3) is 0.542. The van der Waals surface area contributed by atoms with Crippen molar-refractivity contribution >= 4 is 17.8 Å². The third-order valence-corrected chi connectivity index (χ3v) is 7.21. The van der Waals surface area contributed by atoms with E-state index in [0.29, 0.717) is 25.8 Å². The van der Waals surface area contributed by atoms with E-state index in [9.17, 15) is 24.6 Å². The average molecular weight is 443 g/mol. The van der Waals surface area contributed by atoms with Crippen LogP contribution in [-0.2, 0) is 25.7 Å². The van der Waals surface area contributed by atoms with E-state index < -0.39 is 47.5 Å². The molecule has 0 unspecified atom stereocenters. The first-order valence-electron chi connectivity index (χ1n) is 11.2. The van der Waals surface area contributed by atoms with Gasteiger partial charge in [0.25, 0.3) is 0 Å². The lowest BCUT2D eigenvalue weighted by atomic mass is 9.70. The van der Waals surface area contributed by atoms with Gasteiger partial charge in [-0.05, 0) is 24.8 Å². The predicted molar refractivity (Wildman–Crippen MR) is 115 cm³/mol. The number of benzene rings is 1. The Morgan fingerprint density at radius 1 is 1.38 bits per heavy atom. The molecular formula is C24H30N2O6. The number of nitrogens with zero attached hydrogens (tertiary/aromatic N) is 2. The SMILES string of the molecule is C=CCN(Cc1ccccc1)C(=O)[C@@H]1N([C@@H](CC)CO)C(=O)[C@H]2[C@H](C(=O)O)[C@@H]3CC[C@]12O3. The first-order valence-corrected chi connectivity index (χ1v) is 11.2. The van der Waals surface area contributed by atoms with Gasteiger partial charge in [-0.3, -0.25) is 14.4 Å². The first-order chi connectivity index (χ1) is 15.4. The second kappa shape index (κ2) is 8.67. The number of rotatable bonds is 9. The van der Waals surface area contributed by atoms with Crippen LogP contribution < -0.4 is 0 Å². The van der Waals surface area contributed by atoms with Crippen LogP contribution in [0.2, 0.25) is 0 Å². The summed E-state index contributed by atoms with van der Waals surface area (Å²) >= 11 is 0. The predicted octanol–water partition coefficient (Wildman–Crippen LogP) is 1.43. The fourth-order valence-electron chi connectivity index (χ4n) is 5.82. The lowest BCUT2D eigenvalue weighted by Gasteiger charge is -2.39. The lowest BCUT2D eigenvalue weighted by molar-refractivity contribution is -0.153. The summed E-state index contributed by atoms with van der Waals surface area (Å²) in [5, 5.41) is 19.8. The summed E-state index contributed by atoms with van der Waals surface area (Å²) in [6.07, 6.45) is 2.44. The molecule has 1 aromatic rings.